The second-order valence-corrected chi connectivity index (χ2v) is 3.74. The van der Waals surface area contributed by atoms with Crippen molar-refractivity contribution in [3.8, 4) is 0 Å². The number of nitrogens with one attached hydrogen (secondary N) is 1. The molecular weight excluding hydrogens is 198 g/mol. The van der Waals surface area contributed by atoms with Crippen molar-refractivity contribution in [3.05, 3.63) is 0 Å². The summed E-state index contributed by atoms with van der Waals surface area (Å²) in [7, 11) is 0. The van der Waals surface area contributed by atoms with Crippen LogP contribution >= 0.6 is 0 Å². The van der Waals surface area contributed by atoms with Gasteiger partial charge in [0.2, 0.25) is 0 Å². The molecule has 0 aromatic heterocycles. The van der Waals surface area contributed by atoms with E-state index in [0.717, 1.165) is 6.42 Å². The lowest BCUT2D eigenvalue weighted by Crippen LogP contribution is -2.32. The molecular formula is C10H19NO4. The minimum atomic E-state index is -0.391. The molecule has 1 unspecified atom stereocenters. The Labute approximate surface area is 90.1 Å². The van der Waals surface area contributed by atoms with Crippen molar-refractivity contribution in [2.45, 2.75) is 32.5 Å². The van der Waals surface area contributed by atoms with Crippen LogP contribution in [0.25, 0.3) is 0 Å². The summed E-state index contributed by atoms with van der Waals surface area (Å²) < 4.78 is 15.4. The lowest BCUT2D eigenvalue weighted by Gasteiger charge is -2.12. The maximum Gasteiger partial charge on any atom is 0.407 e. The van der Waals surface area contributed by atoms with Crippen molar-refractivity contribution >= 4 is 6.09 Å². The van der Waals surface area contributed by atoms with Crippen LogP contribution in [0.4, 0.5) is 4.79 Å². The summed E-state index contributed by atoms with van der Waals surface area (Å²) in [6.45, 7) is 6.07. The summed E-state index contributed by atoms with van der Waals surface area (Å²) in [4.78, 5) is 11.2. The van der Waals surface area contributed by atoms with E-state index in [9.17, 15) is 4.79 Å². The summed E-state index contributed by atoms with van der Waals surface area (Å²) in [6, 6.07) is 0. The molecule has 1 N–H and O–H groups in total. The highest BCUT2D eigenvalue weighted by molar-refractivity contribution is 5.67. The van der Waals surface area contributed by atoms with Gasteiger partial charge in [-0.05, 0) is 13.8 Å². The Kier molecular flexibility index (Phi) is 5.42. The van der Waals surface area contributed by atoms with Gasteiger partial charge >= 0.3 is 6.09 Å². The van der Waals surface area contributed by atoms with Gasteiger partial charge in [-0.15, -0.1) is 0 Å². The molecule has 1 aliphatic heterocycles. The summed E-state index contributed by atoms with van der Waals surface area (Å²) in [5, 5.41) is 2.62. The smallest absolute Gasteiger partial charge is 0.407 e. The van der Waals surface area contributed by atoms with Crippen LogP contribution in [0.2, 0.25) is 0 Å². The number of amides is 1. The summed E-state index contributed by atoms with van der Waals surface area (Å²) in [5.41, 5.74) is 0. The van der Waals surface area contributed by atoms with Gasteiger partial charge in [-0.25, -0.2) is 4.79 Å². The summed E-state index contributed by atoms with van der Waals surface area (Å²) in [6.07, 6.45) is 0.496. The summed E-state index contributed by atoms with van der Waals surface area (Å²) >= 11 is 0. The molecule has 1 aliphatic rings. The standard InChI is InChI=1S/C10H19NO4/c1-8(2)14-6-4-11-10(12)15-9-3-5-13-7-9/h8-9H,3-7H2,1-2H3,(H,11,12). The number of carbonyl (C=O) groups is 1. The van der Waals surface area contributed by atoms with E-state index in [0.29, 0.717) is 26.4 Å². The van der Waals surface area contributed by atoms with E-state index >= 15 is 0 Å². The maximum atomic E-state index is 11.2. The van der Waals surface area contributed by atoms with Gasteiger partial charge in [0, 0.05) is 13.0 Å². The number of rotatable bonds is 5. The normalized spacial score (nSPS) is 20.6. The molecule has 0 radical (unpaired) electrons. The average Bonchev–Trinajstić information content (AvgIpc) is 2.64. The molecule has 0 aliphatic carbocycles. The first-order chi connectivity index (χ1) is 7.18. The molecule has 0 saturated carbocycles. The first-order valence-corrected chi connectivity index (χ1v) is 5.32. The van der Waals surface area contributed by atoms with E-state index in [2.05, 4.69) is 5.32 Å². The largest absolute Gasteiger partial charge is 0.444 e. The van der Waals surface area contributed by atoms with Crippen LogP contribution in [0.5, 0.6) is 0 Å². The molecule has 1 heterocycles. The van der Waals surface area contributed by atoms with E-state index in [4.69, 9.17) is 14.2 Å². The molecule has 0 bridgehead atoms. The lowest BCUT2D eigenvalue weighted by atomic mass is 10.3. The van der Waals surface area contributed by atoms with Crippen LogP contribution in [0.3, 0.4) is 0 Å². The van der Waals surface area contributed by atoms with Gasteiger partial charge in [-0.2, -0.15) is 0 Å². The Morgan fingerprint density at radius 2 is 2.40 bits per heavy atom. The average molecular weight is 217 g/mol. The van der Waals surface area contributed by atoms with Crippen molar-refractivity contribution in [2.24, 2.45) is 0 Å². The highest BCUT2D eigenvalue weighted by Gasteiger charge is 2.19. The van der Waals surface area contributed by atoms with Crippen LogP contribution in [0, 0.1) is 0 Å². The number of alkyl carbamates (subject to hydrolysis) is 1. The van der Waals surface area contributed by atoms with Crippen LogP contribution in [-0.4, -0.2) is 44.7 Å². The lowest BCUT2D eigenvalue weighted by molar-refractivity contribution is 0.0671. The molecule has 1 fully saturated rings. The van der Waals surface area contributed by atoms with Crippen molar-refractivity contribution < 1.29 is 19.0 Å². The summed E-state index contributed by atoms with van der Waals surface area (Å²) in [5.74, 6) is 0. The fourth-order valence-corrected chi connectivity index (χ4v) is 1.25. The van der Waals surface area contributed by atoms with E-state index in [-0.39, 0.29) is 12.2 Å². The SMILES string of the molecule is CC(C)OCCNC(=O)OC1CCOC1. The number of hydrogen-bond donors (Lipinski definition) is 1. The first-order valence-electron chi connectivity index (χ1n) is 5.32. The number of carbonyl (C=O) groups excluding carboxylic acids is 1. The van der Waals surface area contributed by atoms with Gasteiger partial charge in [0.15, 0.2) is 0 Å². The molecule has 5 nitrogen and oxygen atoms in total. The van der Waals surface area contributed by atoms with Crippen molar-refractivity contribution in [1.29, 1.82) is 0 Å². The third-order valence-corrected chi connectivity index (χ3v) is 1.98. The van der Waals surface area contributed by atoms with Gasteiger partial charge in [-0.1, -0.05) is 0 Å². The van der Waals surface area contributed by atoms with Gasteiger partial charge in [0.1, 0.15) is 6.10 Å². The Morgan fingerprint density at radius 1 is 1.60 bits per heavy atom. The Morgan fingerprint density at radius 3 is 3.00 bits per heavy atom. The molecule has 5 heteroatoms. The van der Waals surface area contributed by atoms with Gasteiger partial charge in [-0.3, -0.25) is 0 Å². The van der Waals surface area contributed by atoms with E-state index in [1.807, 2.05) is 13.8 Å². The molecule has 1 saturated heterocycles. The first kappa shape index (κ1) is 12.3. The highest BCUT2D eigenvalue weighted by Crippen LogP contribution is 2.07. The predicted molar refractivity (Wildman–Crippen MR) is 54.8 cm³/mol. The molecule has 0 aromatic rings. The van der Waals surface area contributed by atoms with Crippen molar-refractivity contribution in [1.82, 2.24) is 5.32 Å². The fourth-order valence-electron chi connectivity index (χ4n) is 1.25. The molecule has 1 rings (SSSR count). The second-order valence-electron chi connectivity index (χ2n) is 3.74. The van der Waals surface area contributed by atoms with Crippen LogP contribution < -0.4 is 5.32 Å². The molecule has 15 heavy (non-hydrogen) atoms. The van der Waals surface area contributed by atoms with Gasteiger partial charge in [0.25, 0.3) is 0 Å². The Bertz CT molecular complexity index is 190. The zero-order valence-electron chi connectivity index (χ0n) is 9.32. The van der Waals surface area contributed by atoms with Crippen LogP contribution in [0.15, 0.2) is 0 Å². The van der Waals surface area contributed by atoms with Crippen molar-refractivity contribution in [2.75, 3.05) is 26.4 Å². The van der Waals surface area contributed by atoms with Crippen LogP contribution in [-0.2, 0) is 14.2 Å². The maximum absolute atomic E-state index is 11.2. The number of hydrogen-bond acceptors (Lipinski definition) is 4. The third kappa shape index (κ3) is 5.59. The minimum Gasteiger partial charge on any atom is -0.444 e. The molecule has 0 aromatic carbocycles. The predicted octanol–water partition coefficient (Wildman–Crippen LogP) is 0.926. The fraction of sp³-hybridized carbons (Fsp3) is 0.900. The molecule has 0 spiro atoms. The van der Waals surface area contributed by atoms with Gasteiger partial charge < -0.3 is 19.5 Å². The monoisotopic (exact) mass is 217 g/mol. The molecule has 1 atom stereocenters. The Balaban J connectivity index is 1.98. The second kappa shape index (κ2) is 6.63. The topological polar surface area (TPSA) is 56.8 Å². The molecule has 88 valence electrons. The van der Waals surface area contributed by atoms with Crippen molar-refractivity contribution in [3.63, 3.8) is 0 Å². The zero-order chi connectivity index (χ0) is 11.1. The van der Waals surface area contributed by atoms with Crippen LogP contribution in [0.1, 0.15) is 20.3 Å². The Hall–Kier alpha value is -0.810. The van der Waals surface area contributed by atoms with E-state index < -0.39 is 6.09 Å². The third-order valence-electron chi connectivity index (χ3n) is 1.98. The number of ether oxygens (including phenoxy) is 3. The highest BCUT2D eigenvalue weighted by atomic mass is 16.6. The van der Waals surface area contributed by atoms with Gasteiger partial charge in [0.05, 0.1) is 25.9 Å². The quantitative estimate of drug-likeness (QED) is 0.696. The molecule has 1 amide bonds. The van der Waals surface area contributed by atoms with E-state index in [1.165, 1.54) is 0 Å². The minimum absolute atomic E-state index is 0.0870. The van der Waals surface area contributed by atoms with E-state index in [1.54, 1.807) is 0 Å². The zero-order valence-corrected chi connectivity index (χ0v) is 9.32.